The number of halogens is 1. The fourth-order valence-corrected chi connectivity index (χ4v) is 2.93. The van der Waals surface area contributed by atoms with E-state index in [2.05, 4.69) is 25.3 Å². The number of anilines is 2. The highest BCUT2D eigenvalue weighted by Gasteiger charge is 2.10. The molecule has 0 spiro atoms. The number of fused-ring (bicyclic) bond motifs is 1. The van der Waals surface area contributed by atoms with Crippen molar-refractivity contribution in [3.63, 3.8) is 0 Å². The van der Waals surface area contributed by atoms with Crippen molar-refractivity contribution in [2.45, 2.75) is 13.8 Å². The van der Waals surface area contributed by atoms with Crippen LogP contribution < -0.4 is 5.32 Å². The summed E-state index contributed by atoms with van der Waals surface area (Å²) in [6, 6.07) is 11.9. The molecule has 0 fully saturated rings. The lowest BCUT2D eigenvalue weighted by atomic mass is 10.1. The minimum absolute atomic E-state index is 0.0151. The molecule has 0 radical (unpaired) electrons. The molecule has 134 valence electrons. The third kappa shape index (κ3) is 3.39. The molecule has 27 heavy (non-hydrogen) atoms. The predicted octanol–water partition coefficient (Wildman–Crippen LogP) is 4.41. The molecule has 1 aromatic carbocycles. The van der Waals surface area contributed by atoms with Crippen LogP contribution in [0, 0.1) is 12.9 Å². The van der Waals surface area contributed by atoms with Crippen LogP contribution in [0.25, 0.3) is 22.3 Å². The van der Waals surface area contributed by atoms with Gasteiger partial charge in [0, 0.05) is 29.7 Å². The normalized spacial score (nSPS) is 10.9. The number of rotatable bonds is 4. The van der Waals surface area contributed by atoms with Crippen LogP contribution in [0.1, 0.15) is 23.0 Å². The standard InChI is InChI=1S/C20H16FN5O/c1-11-8-14(9-13-10-17(12(2)27)25-19(11)13)23-20-22-7-6-16(26-20)15-4-3-5-18(21)24-15/h3-10,25H,1-2H3,(H,22,23,26). The van der Waals surface area contributed by atoms with E-state index in [4.69, 9.17) is 0 Å². The first-order valence-electron chi connectivity index (χ1n) is 8.37. The zero-order chi connectivity index (χ0) is 19.0. The summed E-state index contributed by atoms with van der Waals surface area (Å²) in [7, 11) is 0. The van der Waals surface area contributed by atoms with E-state index >= 15 is 0 Å². The fourth-order valence-electron chi connectivity index (χ4n) is 2.93. The maximum absolute atomic E-state index is 13.4. The maximum atomic E-state index is 13.4. The number of hydrogen-bond donors (Lipinski definition) is 2. The Morgan fingerprint density at radius 2 is 1.93 bits per heavy atom. The van der Waals surface area contributed by atoms with Crippen LogP contribution in [0.4, 0.5) is 16.0 Å². The molecule has 0 atom stereocenters. The van der Waals surface area contributed by atoms with Crippen LogP contribution in [-0.4, -0.2) is 25.7 Å². The average Bonchev–Trinajstić information content (AvgIpc) is 3.07. The topological polar surface area (TPSA) is 83.6 Å². The highest BCUT2D eigenvalue weighted by atomic mass is 19.1. The number of H-pyrrole nitrogens is 1. The molecule has 0 aliphatic heterocycles. The molecule has 4 rings (SSSR count). The van der Waals surface area contributed by atoms with Crippen molar-refractivity contribution < 1.29 is 9.18 Å². The molecule has 0 saturated carbocycles. The summed E-state index contributed by atoms with van der Waals surface area (Å²) >= 11 is 0. The third-order valence-corrected chi connectivity index (χ3v) is 4.19. The largest absolute Gasteiger partial charge is 0.352 e. The molecule has 0 amide bonds. The van der Waals surface area contributed by atoms with Crippen LogP contribution in [-0.2, 0) is 0 Å². The summed E-state index contributed by atoms with van der Waals surface area (Å²) < 4.78 is 13.4. The van der Waals surface area contributed by atoms with Crippen molar-refractivity contribution in [3.05, 3.63) is 65.9 Å². The van der Waals surface area contributed by atoms with Crippen LogP contribution >= 0.6 is 0 Å². The molecule has 6 nitrogen and oxygen atoms in total. The molecule has 0 aliphatic carbocycles. The number of ketones is 1. The Balaban J connectivity index is 1.68. The second-order valence-corrected chi connectivity index (χ2v) is 6.23. The van der Waals surface area contributed by atoms with Crippen molar-refractivity contribution in [1.82, 2.24) is 19.9 Å². The van der Waals surface area contributed by atoms with E-state index in [1.54, 1.807) is 24.4 Å². The number of carbonyl (C=O) groups is 1. The maximum Gasteiger partial charge on any atom is 0.227 e. The van der Waals surface area contributed by atoms with Crippen molar-refractivity contribution in [2.24, 2.45) is 0 Å². The van der Waals surface area contributed by atoms with Gasteiger partial charge in [-0.1, -0.05) is 6.07 Å². The van der Waals surface area contributed by atoms with Gasteiger partial charge in [0.15, 0.2) is 5.78 Å². The summed E-state index contributed by atoms with van der Waals surface area (Å²) in [6.45, 7) is 3.49. The first-order chi connectivity index (χ1) is 13.0. The Kier molecular flexibility index (Phi) is 4.12. The highest BCUT2D eigenvalue weighted by Crippen LogP contribution is 2.26. The monoisotopic (exact) mass is 361 g/mol. The first kappa shape index (κ1) is 16.8. The Hall–Kier alpha value is -3.61. The van der Waals surface area contributed by atoms with E-state index in [1.165, 1.54) is 13.0 Å². The van der Waals surface area contributed by atoms with Gasteiger partial charge in [0.05, 0.1) is 17.1 Å². The number of benzene rings is 1. The number of pyridine rings is 1. The molecular weight excluding hydrogens is 345 g/mol. The molecule has 3 aromatic heterocycles. The van der Waals surface area contributed by atoms with E-state index in [9.17, 15) is 9.18 Å². The van der Waals surface area contributed by atoms with Crippen LogP contribution in [0.2, 0.25) is 0 Å². The van der Waals surface area contributed by atoms with E-state index in [0.29, 0.717) is 23.0 Å². The lowest BCUT2D eigenvalue weighted by Crippen LogP contribution is -1.99. The number of nitrogens with zero attached hydrogens (tertiary/aromatic N) is 3. The minimum Gasteiger partial charge on any atom is -0.352 e. The summed E-state index contributed by atoms with van der Waals surface area (Å²) in [5.74, 6) is -0.200. The van der Waals surface area contributed by atoms with E-state index < -0.39 is 5.95 Å². The van der Waals surface area contributed by atoms with Gasteiger partial charge >= 0.3 is 0 Å². The summed E-state index contributed by atoms with van der Waals surface area (Å²) in [5, 5.41) is 4.08. The van der Waals surface area contributed by atoms with Crippen molar-refractivity contribution in [1.29, 1.82) is 0 Å². The molecule has 0 bridgehead atoms. The van der Waals surface area contributed by atoms with Crippen molar-refractivity contribution in [3.8, 4) is 11.4 Å². The molecule has 7 heteroatoms. The van der Waals surface area contributed by atoms with Gasteiger partial charge in [-0.15, -0.1) is 0 Å². The van der Waals surface area contributed by atoms with E-state index in [-0.39, 0.29) is 5.78 Å². The quantitative estimate of drug-likeness (QED) is 0.415. The minimum atomic E-state index is -0.560. The molecule has 3 heterocycles. The number of carbonyl (C=O) groups excluding carboxylic acids is 1. The molecule has 0 unspecified atom stereocenters. The lowest BCUT2D eigenvalue weighted by Gasteiger charge is -2.08. The average molecular weight is 361 g/mol. The number of hydrogen-bond acceptors (Lipinski definition) is 5. The SMILES string of the molecule is CC(=O)c1cc2cc(Nc3nccc(-c4cccc(F)n4)n3)cc(C)c2[nH]1. The highest BCUT2D eigenvalue weighted by molar-refractivity contribution is 5.99. The number of Topliss-reactive ketones (excluding diaryl/α,β-unsaturated/α-hetero) is 1. The third-order valence-electron chi connectivity index (χ3n) is 4.19. The van der Waals surface area contributed by atoms with Crippen molar-refractivity contribution >= 4 is 28.3 Å². The summed E-state index contributed by atoms with van der Waals surface area (Å²) in [6.07, 6.45) is 1.59. The Labute approximate surface area is 154 Å². The van der Waals surface area contributed by atoms with Gasteiger partial charge in [-0.2, -0.15) is 4.39 Å². The molecular formula is C20H16FN5O. The van der Waals surface area contributed by atoms with Gasteiger partial charge in [0.2, 0.25) is 11.9 Å². The number of aromatic amines is 1. The van der Waals surface area contributed by atoms with Crippen LogP contribution in [0.3, 0.4) is 0 Å². The molecule has 0 saturated heterocycles. The second-order valence-electron chi connectivity index (χ2n) is 6.23. The summed E-state index contributed by atoms with van der Waals surface area (Å²) in [4.78, 5) is 27.2. The molecule has 0 aliphatic rings. The van der Waals surface area contributed by atoms with E-state index in [0.717, 1.165) is 22.2 Å². The summed E-state index contributed by atoms with van der Waals surface area (Å²) in [5.41, 5.74) is 4.23. The second kappa shape index (κ2) is 6.60. The van der Waals surface area contributed by atoms with Gasteiger partial charge in [-0.05, 0) is 48.9 Å². The number of nitrogens with one attached hydrogen (secondary N) is 2. The molecule has 4 aromatic rings. The van der Waals surface area contributed by atoms with Gasteiger partial charge in [-0.3, -0.25) is 4.79 Å². The smallest absolute Gasteiger partial charge is 0.227 e. The Bertz CT molecular complexity index is 1170. The Morgan fingerprint density at radius 3 is 2.70 bits per heavy atom. The fraction of sp³-hybridized carbons (Fsp3) is 0.100. The van der Waals surface area contributed by atoms with E-state index in [1.807, 2.05) is 25.1 Å². The lowest BCUT2D eigenvalue weighted by molar-refractivity contribution is 0.101. The zero-order valence-electron chi connectivity index (χ0n) is 14.7. The van der Waals surface area contributed by atoms with Gasteiger partial charge in [0.25, 0.3) is 0 Å². The van der Waals surface area contributed by atoms with Crippen LogP contribution in [0.5, 0.6) is 0 Å². The number of aryl methyl sites for hydroxylation is 1. The van der Waals surface area contributed by atoms with Crippen LogP contribution in [0.15, 0.2) is 48.7 Å². The van der Waals surface area contributed by atoms with Gasteiger partial charge in [0.1, 0.15) is 0 Å². The number of aromatic nitrogens is 4. The molecule has 2 N–H and O–H groups in total. The predicted molar refractivity (Wildman–Crippen MR) is 102 cm³/mol. The first-order valence-corrected chi connectivity index (χ1v) is 8.37. The Morgan fingerprint density at radius 1 is 1.11 bits per heavy atom. The zero-order valence-corrected chi connectivity index (χ0v) is 14.7. The van der Waals surface area contributed by atoms with Gasteiger partial charge in [-0.25, -0.2) is 15.0 Å². The van der Waals surface area contributed by atoms with Gasteiger partial charge < -0.3 is 10.3 Å². The van der Waals surface area contributed by atoms with Crippen molar-refractivity contribution in [2.75, 3.05) is 5.32 Å².